The van der Waals surface area contributed by atoms with Gasteiger partial charge in [0.05, 0.1) is 6.54 Å². The monoisotopic (exact) mass is 421 g/mol. The van der Waals surface area contributed by atoms with Gasteiger partial charge in [0, 0.05) is 35.0 Å². The number of halogens is 1. The molecule has 2 rings (SSSR count). The van der Waals surface area contributed by atoms with E-state index in [2.05, 4.69) is 16.8 Å². The van der Waals surface area contributed by atoms with Crippen LogP contribution in [-0.2, 0) is 17.3 Å². The molecule has 1 aromatic rings. The predicted molar refractivity (Wildman–Crippen MR) is 99.5 cm³/mol. The SMILES string of the molecule is CC1CCCN(C(N)=NCc2ccc(S(C)=O)cc2)C1.I. The highest BCUT2D eigenvalue weighted by atomic mass is 127. The van der Waals surface area contributed by atoms with Crippen LogP contribution in [0.2, 0.25) is 0 Å². The van der Waals surface area contributed by atoms with Crippen LogP contribution in [0.5, 0.6) is 0 Å². The molecule has 0 bridgehead atoms. The lowest BCUT2D eigenvalue weighted by Gasteiger charge is -2.31. The molecule has 0 amide bonds. The summed E-state index contributed by atoms with van der Waals surface area (Å²) in [5.41, 5.74) is 7.15. The van der Waals surface area contributed by atoms with Crippen LogP contribution in [0.1, 0.15) is 25.3 Å². The first-order valence-electron chi connectivity index (χ1n) is 7.03. The van der Waals surface area contributed by atoms with Gasteiger partial charge >= 0.3 is 0 Å². The van der Waals surface area contributed by atoms with Crippen molar-refractivity contribution in [3.8, 4) is 0 Å². The number of benzene rings is 1. The molecule has 4 nitrogen and oxygen atoms in total. The molecule has 0 aliphatic carbocycles. The van der Waals surface area contributed by atoms with Gasteiger partial charge in [0.2, 0.25) is 0 Å². The molecule has 2 atom stereocenters. The van der Waals surface area contributed by atoms with Gasteiger partial charge in [-0.2, -0.15) is 0 Å². The van der Waals surface area contributed by atoms with Crippen LogP contribution in [-0.4, -0.2) is 34.4 Å². The summed E-state index contributed by atoms with van der Waals surface area (Å²) in [6.07, 6.45) is 4.15. The topological polar surface area (TPSA) is 58.7 Å². The molecule has 21 heavy (non-hydrogen) atoms. The van der Waals surface area contributed by atoms with Crippen LogP contribution in [0.25, 0.3) is 0 Å². The van der Waals surface area contributed by atoms with Crippen LogP contribution >= 0.6 is 24.0 Å². The number of nitrogens with two attached hydrogens (primary N) is 1. The normalized spacial score (nSPS) is 20.8. The molecule has 1 aliphatic rings. The van der Waals surface area contributed by atoms with Gasteiger partial charge in [-0.05, 0) is 36.5 Å². The molecular formula is C15H24IN3OS. The van der Waals surface area contributed by atoms with Gasteiger partial charge in [-0.3, -0.25) is 4.21 Å². The van der Waals surface area contributed by atoms with E-state index in [0.29, 0.717) is 18.4 Å². The highest BCUT2D eigenvalue weighted by Gasteiger charge is 2.17. The van der Waals surface area contributed by atoms with Crippen molar-refractivity contribution in [3.05, 3.63) is 29.8 Å². The number of guanidine groups is 1. The Balaban J connectivity index is 0.00000220. The summed E-state index contributed by atoms with van der Waals surface area (Å²) in [7, 11) is -0.927. The fraction of sp³-hybridized carbons (Fsp3) is 0.533. The molecule has 6 heteroatoms. The molecule has 0 aromatic heterocycles. The molecule has 2 N–H and O–H groups in total. The number of aliphatic imine (C=N–C) groups is 1. The molecule has 2 unspecified atom stereocenters. The van der Waals surface area contributed by atoms with E-state index in [1.807, 2.05) is 24.3 Å². The van der Waals surface area contributed by atoms with Gasteiger partial charge in [0.15, 0.2) is 5.96 Å². The van der Waals surface area contributed by atoms with Crippen molar-refractivity contribution in [2.24, 2.45) is 16.6 Å². The minimum atomic E-state index is -0.927. The van der Waals surface area contributed by atoms with E-state index in [1.54, 1.807) is 6.26 Å². The molecular weight excluding hydrogens is 397 g/mol. The Hall–Kier alpha value is -0.630. The van der Waals surface area contributed by atoms with Crippen LogP contribution in [0.15, 0.2) is 34.2 Å². The zero-order chi connectivity index (χ0) is 14.5. The zero-order valence-electron chi connectivity index (χ0n) is 12.6. The number of hydrogen-bond donors (Lipinski definition) is 1. The second-order valence-electron chi connectivity index (χ2n) is 5.47. The van der Waals surface area contributed by atoms with E-state index in [9.17, 15) is 4.21 Å². The Bertz CT molecular complexity index is 504. The Morgan fingerprint density at radius 1 is 1.43 bits per heavy atom. The maximum atomic E-state index is 11.3. The lowest BCUT2D eigenvalue weighted by molar-refractivity contribution is 0.270. The summed E-state index contributed by atoms with van der Waals surface area (Å²) < 4.78 is 11.3. The fourth-order valence-corrected chi connectivity index (χ4v) is 2.98. The molecule has 1 fully saturated rings. The maximum absolute atomic E-state index is 11.3. The number of hydrogen-bond acceptors (Lipinski definition) is 2. The molecule has 1 heterocycles. The van der Waals surface area contributed by atoms with Gasteiger partial charge in [-0.25, -0.2) is 4.99 Å². The third-order valence-corrected chi connectivity index (χ3v) is 4.60. The quantitative estimate of drug-likeness (QED) is 0.464. The Morgan fingerprint density at radius 2 is 2.10 bits per heavy atom. The highest BCUT2D eigenvalue weighted by Crippen LogP contribution is 2.15. The largest absolute Gasteiger partial charge is 0.370 e. The molecule has 0 radical (unpaired) electrons. The standard InChI is InChI=1S/C15H23N3OS.HI/c1-12-4-3-9-18(11-12)15(16)17-10-13-5-7-14(8-6-13)20(2)19;/h5-8,12H,3-4,9-11H2,1-2H3,(H2,16,17);1H. The van der Waals surface area contributed by atoms with Crippen LogP contribution in [0.3, 0.4) is 0 Å². The summed E-state index contributed by atoms with van der Waals surface area (Å²) in [6, 6.07) is 7.71. The van der Waals surface area contributed by atoms with E-state index in [-0.39, 0.29) is 24.0 Å². The second-order valence-corrected chi connectivity index (χ2v) is 6.85. The summed E-state index contributed by atoms with van der Waals surface area (Å²) in [6.45, 7) is 4.84. The Labute approximate surface area is 146 Å². The van der Waals surface area contributed by atoms with Crippen molar-refractivity contribution < 1.29 is 4.21 Å². The predicted octanol–water partition coefficient (Wildman–Crippen LogP) is 2.59. The van der Waals surface area contributed by atoms with E-state index >= 15 is 0 Å². The van der Waals surface area contributed by atoms with Gasteiger partial charge < -0.3 is 10.6 Å². The van der Waals surface area contributed by atoms with Crippen LogP contribution in [0, 0.1) is 5.92 Å². The van der Waals surface area contributed by atoms with Gasteiger partial charge in [0.1, 0.15) is 0 Å². The van der Waals surface area contributed by atoms with E-state index in [1.165, 1.54) is 12.8 Å². The van der Waals surface area contributed by atoms with Gasteiger partial charge in [0.25, 0.3) is 0 Å². The summed E-state index contributed by atoms with van der Waals surface area (Å²) in [5.74, 6) is 1.33. The van der Waals surface area contributed by atoms with E-state index in [0.717, 1.165) is 23.5 Å². The first-order valence-corrected chi connectivity index (χ1v) is 8.59. The first-order chi connectivity index (χ1) is 9.56. The second kappa shape index (κ2) is 8.73. The molecule has 0 saturated carbocycles. The molecule has 1 saturated heterocycles. The van der Waals surface area contributed by atoms with Gasteiger partial charge in [-0.15, -0.1) is 24.0 Å². The summed E-state index contributed by atoms with van der Waals surface area (Å²) >= 11 is 0. The van der Waals surface area contributed by atoms with Crippen molar-refractivity contribution >= 4 is 40.7 Å². The van der Waals surface area contributed by atoms with Gasteiger partial charge in [-0.1, -0.05) is 19.1 Å². The summed E-state index contributed by atoms with van der Waals surface area (Å²) in [5, 5.41) is 0. The van der Waals surface area contributed by atoms with Crippen molar-refractivity contribution in [2.75, 3.05) is 19.3 Å². The van der Waals surface area contributed by atoms with Crippen molar-refractivity contribution in [1.82, 2.24) is 4.90 Å². The maximum Gasteiger partial charge on any atom is 0.191 e. The number of rotatable bonds is 3. The van der Waals surface area contributed by atoms with E-state index in [4.69, 9.17) is 5.73 Å². The molecule has 0 spiro atoms. The van der Waals surface area contributed by atoms with Crippen LogP contribution < -0.4 is 5.73 Å². The average molecular weight is 421 g/mol. The number of nitrogens with zero attached hydrogens (tertiary/aromatic N) is 2. The average Bonchev–Trinajstić information content (AvgIpc) is 2.45. The van der Waals surface area contributed by atoms with E-state index < -0.39 is 10.8 Å². The molecule has 1 aliphatic heterocycles. The third-order valence-electron chi connectivity index (χ3n) is 3.66. The Morgan fingerprint density at radius 3 is 2.67 bits per heavy atom. The number of piperidine rings is 1. The molecule has 1 aromatic carbocycles. The summed E-state index contributed by atoms with van der Waals surface area (Å²) in [4.78, 5) is 7.48. The highest BCUT2D eigenvalue weighted by molar-refractivity contribution is 14.0. The lowest BCUT2D eigenvalue weighted by Crippen LogP contribution is -2.43. The zero-order valence-corrected chi connectivity index (χ0v) is 15.8. The minimum Gasteiger partial charge on any atom is -0.370 e. The van der Waals surface area contributed by atoms with Crippen molar-refractivity contribution in [2.45, 2.75) is 31.2 Å². The fourth-order valence-electron chi connectivity index (χ4n) is 2.46. The lowest BCUT2D eigenvalue weighted by atomic mass is 10.0. The van der Waals surface area contributed by atoms with Crippen LogP contribution in [0.4, 0.5) is 0 Å². The minimum absolute atomic E-state index is 0. The Kier molecular flexibility index (Phi) is 7.65. The third kappa shape index (κ3) is 5.58. The molecule has 118 valence electrons. The number of likely N-dealkylation sites (tertiary alicyclic amines) is 1. The first kappa shape index (κ1) is 18.4. The van der Waals surface area contributed by atoms with Crippen molar-refractivity contribution in [3.63, 3.8) is 0 Å². The smallest absolute Gasteiger partial charge is 0.191 e. The van der Waals surface area contributed by atoms with Crippen molar-refractivity contribution in [1.29, 1.82) is 0 Å².